The Morgan fingerprint density at radius 1 is 1.00 bits per heavy atom. The molecule has 2 aromatic carbocycles. The summed E-state index contributed by atoms with van der Waals surface area (Å²) in [6.07, 6.45) is 0. The standard InChI is InChI=1S/C30H28ClF2N7O5S/c1-40(2,16-31)15-20-25-27(41)39(23-12-13-24(44-3)36-35-23)30(43)38(14-19-21(32)6-5-7-22(19)33)28(25)46-26(20)17-8-10-18(11-9-17)34-29(42)37-45-4/h5-13H,14-16H2,1-4H3,(H-,34,37,42)/p+1. The van der Waals surface area contributed by atoms with Crippen LogP contribution in [-0.4, -0.2) is 64.2 Å². The summed E-state index contributed by atoms with van der Waals surface area (Å²) in [4.78, 5) is 45.8. The van der Waals surface area contributed by atoms with Gasteiger partial charge in [-0.3, -0.25) is 14.2 Å². The zero-order chi connectivity index (χ0) is 33.2. The molecule has 240 valence electrons. The van der Waals surface area contributed by atoms with E-state index in [1.54, 1.807) is 24.3 Å². The van der Waals surface area contributed by atoms with E-state index < -0.39 is 35.5 Å². The minimum absolute atomic E-state index is 0.102. The number of quaternary nitrogens is 1. The van der Waals surface area contributed by atoms with Gasteiger partial charge in [0.25, 0.3) is 5.56 Å². The maximum Gasteiger partial charge on any atom is 0.343 e. The van der Waals surface area contributed by atoms with Gasteiger partial charge >= 0.3 is 11.7 Å². The van der Waals surface area contributed by atoms with Crippen LogP contribution in [0.5, 0.6) is 5.88 Å². The molecule has 46 heavy (non-hydrogen) atoms. The minimum atomic E-state index is -0.867. The van der Waals surface area contributed by atoms with Crippen molar-refractivity contribution in [3.63, 3.8) is 0 Å². The Balaban J connectivity index is 1.82. The first-order valence-corrected chi connectivity index (χ1v) is 15.0. The maximum absolute atomic E-state index is 14.9. The number of anilines is 1. The number of hydrogen-bond acceptors (Lipinski definition) is 8. The number of aromatic nitrogens is 4. The molecule has 16 heteroatoms. The molecule has 0 aliphatic carbocycles. The topological polar surface area (TPSA) is 129 Å². The summed E-state index contributed by atoms with van der Waals surface area (Å²) in [5.74, 6) is -1.64. The van der Waals surface area contributed by atoms with Gasteiger partial charge in [-0.2, -0.15) is 0 Å². The van der Waals surface area contributed by atoms with E-state index in [1.807, 2.05) is 14.1 Å². The van der Waals surface area contributed by atoms with Crippen LogP contribution in [0, 0.1) is 11.6 Å². The van der Waals surface area contributed by atoms with Crippen molar-refractivity contribution in [2.45, 2.75) is 13.1 Å². The predicted molar refractivity (Wildman–Crippen MR) is 170 cm³/mol. The van der Waals surface area contributed by atoms with Gasteiger partial charge in [0.1, 0.15) is 23.0 Å². The van der Waals surface area contributed by atoms with Crippen LogP contribution in [0.1, 0.15) is 11.1 Å². The largest absolute Gasteiger partial charge is 0.480 e. The van der Waals surface area contributed by atoms with Gasteiger partial charge in [0, 0.05) is 27.8 Å². The zero-order valence-corrected chi connectivity index (χ0v) is 26.7. The fourth-order valence-corrected chi connectivity index (χ4v) is 6.19. The highest BCUT2D eigenvalue weighted by atomic mass is 35.5. The van der Waals surface area contributed by atoms with Crippen molar-refractivity contribution in [1.29, 1.82) is 0 Å². The van der Waals surface area contributed by atoms with Crippen LogP contribution in [0.15, 0.2) is 64.2 Å². The monoisotopic (exact) mass is 672 g/mol. The molecule has 3 heterocycles. The first-order chi connectivity index (χ1) is 22.0. The molecular formula is C30H29ClF2N7O5S+. The number of ether oxygens (including phenoxy) is 1. The summed E-state index contributed by atoms with van der Waals surface area (Å²) in [6.45, 7) is -0.257. The molecule has 0 unspecified atom stereocenters. The number of hydroxylamine groups is 1. The molecule has 0 fully saturated rings. The third-order valence-electron chi connectivity index (χ3n) is 7.02. The Kier molecular flexibility index (Phi) is 9.48. The SMILES string of the molecule is CONC(=O)Nc1ccc(-c2sc3c(c2C[N+](C)(C)CCl)c(=O)n(-c2ccc(OC)nn2)c(=O)n3Cc2c(F)cccc2F)cc1. The summed E-state index contributed by atoms with van der Waals surface area (Å²) >= 11 is 7.44. The lowest BCUT2D eigenvalue weighted by molar-refractivity contribution is -0.892. The van der Waals surface area contributed by atoms with Crippen molar-refractivity contribution in [3.05, 3.63) is 98.2 Å². The molecule has 0 radical (unpaired) electrons. The number of fused-ring (bicyclic) bond motifs is 1. The van der Waals surface area contributed by atoms with Gasteiger partial charge in [-0.1, -0.05) is 29.8 Å². The first kappa shape index (κ1) is 32.7. The Labute approximate surface area is 269 Å². The molecular weight excluding hydrogens is 644 g/mol. The molecule has 0 atom stereocenters. The van der Waals surface area contributed by atoms with E-state index in [9.17, 15) is 23.2 Å². The predicted octanol–water partition coefficient (Wildman–Crippen LogP) is 4.46. The van der Waals surface area contributed by atoms with Gasteiger partial charge < -0.3 is 14.5 Å². The van der Waals surface area contributed by atoms with E-state index in [4.69, 9.17) is 16.3 Å². The number of nitrogens with zero attached hydrogens (tertiary/aromatic N) is 5. The molecule has 5 rings (SSSR count). The fraction of sp³-hybridized carbons (Fsp3) is 0.233. The average molecular weight is 673 g/mol. The third kappa shape index (κ3) is 6.48. The van der Waals surface area contributed by atoms with Crippen LogP contribution in [0.25, 0.3) is 26.5 Å². The van der Waals surface area contributed by atoms with Crippen molar-refractivity contribution in [2.75, 3.05) is 39.6 Å². The molecule has 0 saturated carbocycles. The molecule has 2 amide bonds. The van der Waals surface area contributed by atoms with E-state index in [0.29, 0.717) is 21.7 Å². The lowest BCUT2D eigenvalue weighted by Crippen LogP contribution is -2.41. The molecule has 0 saturated heterocycles. The Bertz CT molecular complexity index is 2010. The fourth-order valence-electron chi connectivity index (χ4n) is 4.80. The number of benzene rings is 2. The summed E-state index contributed by atoms with van der Waals surface area (Å²) in [5, 5.41) is 10.7. The molecule has 0 aliphatic rings. The van der Waals surface area contributed by atoms with Crippen LogP contribution < -0.4 is 26.8 Å². The second kappa shape index (κ2) is 13.3. The van der Waals surface area contributed by atoms with Gasteiger partial charge in [0.2, 0.25) is 5.88 Å². The number of carbonyl (C=O) groups is 1. The first-order valence-electron chi connectivity index (χ1n) is 13.7. The smallest absolute Gasteiger partial charge is 0.343 e. The number of methoxy groups -OCH3 is 1. The van der Waals surface area contributed by atoms with Gasteiger partial charge in [-0.05, 0) is 35.9 Å². The highest BCUT2D eigenvalue weighted by Gasteiger charge is 2.29. The molecule has 12 nitrogen and oxygen atoms in total. The van der Waals surface area contributed by atoms with Crippen LogP contribution in [0.4, 0.5) is 19.3 Å². The molecule has 0 aliphatic heterocycles. The quantitative estimate of drug-likeness (QED) is 0.0970. The molecule has 5 aromatic rings. The number of halogens is 3. The summed E-state index contributed by atoms with van der Waals surface area (Å²) in [6, 6.07) is 12.7. The van der Waals surface area contributed by atoms with Crippen molar-refractivity contribution in [2.24, 2.45) is 0 Å². The van der Waals surface area contributed by atoms with E-state index in [1.165, 1.54) is 32.4 Å². The number of hydrogen-bond donors (Lipinski definition) is 2. The lowest BCUT2D eigenvalue weighted by atomic mass is 10.1. The van der Waals surface area contributed by atoms with Gasteiger partial charge in [-0.25, -0.2) is 28.4 Å². The lowest BCUT2D eigenvalue weighted by Gasteiger charge is -2.27. The van der Waals surface area contributed by atoms with Crippen molar-refractivity contribution in [1.82, 2.24) is 24.8 Å². The van der Waals surface area contributed by atoms with Crippen LogP contribution in [-0.2, 0) is 17.9 Å². The Morgan fingerprint density at radius 3 is 2.28 bits per heavy atom. The van der Waals surface area contributed by atoms with Crippen LogP contribution in [0.2, 0.25) is 0 Å². The van der Waals surface area contributed by atoms with Gasteiger partial charge in [-0.15, -0.1) is 21.5 Å². The summed E-state index contributed by atoms with van der Waals surface area (Å²) < 4.78 is 37.2. The van der Waals surface area contributed by atoms with E-state index >= 15 is 0 Å². The molecule has 0 spiro atoms. The Morgan fingerprint density at radius 2 is 1.70 bits per heavy atom. The maximum atomic E-state index is 14.9. The van der Waals surface area contributed by atoms with Gasteiger partial charge in [0.05, 0.1) is 40.2 Å². The molecule has 0 bridgehead atoms. The number of thiophene rings is 1. The normalized spacial score (nSPS) is 11.5. The molecule has 3 aromatic heterocycles. The minimum Gasteiger partial charge on any atom is -0.480 e. The van der Waals surface area contributed by atoms with Gasteiger partial charge in [0.15, 0.2) is 11.8 Å². The number of alkyl halides is 1. The van der Waals surface area contributed by atoms with Crippen LogP contribution in [0.3, 0.4) is 0 Å². The third-order valence-corrected chi connectivity index (χ3v) is 8.98. The zero-order valence-electron chi connectivity index (χ0n) is 25.1. The van der Waals surface area contributed by atoms with Crippen LogP contribution >= 0.6 is 22.9 Å². The number of nitrogens with one attached hydrogen (secondary N) is 2. The Hall–Kier alpha value is -4.70. The highest BCUT2D eigenvalue weighted by Crippen LogP contribution is 2.39. The van der Waals surface area contributed by atoms with Crippen molar-refractivity contribution in [3.8, 4) is 22.1 Å². The van der Waals surface area contributed by atoms with Crippen molar-refractivity contribution < 1.29 is 27.6 Å². The highest BCUT2D eigenvalue weighted by molar-refractivity contribution is 7.22. The summed E-state index contributed by atoms with van der Waals surface area (Å²) in [7, 11) is 6.45. The number of amides is 2. The van der Waals surface area contributed by atoms with E-state index in [-0.39, 0.29) is 44.5 Å². The molecule has 2 N–H and O–H groups in total. The summed E-state index contributed by atoms with van der Waals surface area (Å²) in [5.41, 5.74) is 1.95. The number of carbonyl (C=O) groups excluding carboxylic acids is 1. The number of urea groups is 1. The van der Waals surface area contributed by atoms with E-state index in [2.05, 4.69) is 25.8 Å². The van der Waals surface area contributed by atoms with Crippen molar-refractivity contribution >= 4 is 44.9 Å². The van der Waals surface area contributed by atoms with E-state index in [0.717, 1.165) is 32.6 Å². The number of rotatable bonds is 10. The second-order valence-electron chi connectivity index (χ2n) is 10.8. The second-order valence-corrected chi connectivity index (χ2v) is 12.0. The average Bonchev–Trinajstić information content (AvgIpc) is 3.39.